The summed E-state index contributed by atoms with van der Waals surface area (Å²) in [6.45, 7) is 8.02. The highest BCUT2D eigenvalue weighted by molar-refractivity contribution is 4.95. The van der Waals surface area contributed by atoms with Gasteiger partial charge < -0.3 is 0 Å². The minimum Gasteiger partial charge on any atom is -0.0999 e. The first kappa shape index (κ1) is 6.74. The maximum atomic E-state index is 3.83. The van der Waals surface area contributed by atoms with Gasteiger partial charge in [0.2, 0.25) is 0 Å². The maximum Gasteiger partial charge on any atom is -0.0295 e. The van der Waals surface area contributed by atoms with E-state index < -0.39 is 0 Å². The van der Waals surface area contributed by atoms with E-state index in [9.17, 15) is 0 Å². The molecule has 0 unspecified atom stereocenters. The molecule has 0 aromatic heterocycles. The Labute approximate surface area is 46.2 Å². The molecule has 0 N–H and O–H groups in total. The topological polar surface area (TPSA) is 0 Å². The molecule has 0 aliphatic heterocycles. The minimum atomic E-state index is 1.08. The van der Waals surface area contributed by atoms with Gasteiger partial charge in [0.1, 0.15) is 0 Å². The molecule has 7 heavy (non-hydrogen) atoms. The van der Waals surface area contributed by atoms with Gasteiger partial charge in [-0.1, -0.05) is 26.0 Å². The lowest BCUT2D eigenvalue weighted by Crippen LogP contribution is -1.74. The van der Waals surface area contributed by atoms with E-state index in [0.29, 0.717) is 0 Å². The van der Waals surface area contributed by atoms with E-state index >= 15 is 0 Å². The van der Waals surface area contributed by atoms with Gasteiger partial charge in [0, 0.05) is 0 Å². The molecule has 0 aliphatic carbocycles. The zero-order chi connectivity index (χ0) is 5.70. The molecule has 41 valence electrons. The van der Waals surface area contributed by atoms with Crippen LogP contribution in [0.25, 0.3) is 0 Å². The fourth-order valence-corrected chi connectivity index (χ4v) is 0.433. The molecule has 0 saturated carbocycles. The fourth-order valence-electron chi connectivity index (χ4n) is 0.433. The van der Waals surface area contributed by atoms with Crippen molar-refractivity contribution in [3.05, 3.63) is 18.6 Å². The van der Waals surface area contributed by atoms with E-state index in [4.69, 9.17) is 0 Å². The fraction of sp³-hybridized carbons (Fsp3) is 0.571. The number of rotatable bonds is 3. The SMILES string of the molecule is C=C(CC)C[CH]C. The highest BCUT2D eigenvalue weighted by Gasteiger charge is 1.83. The number of hydrogen-bond acceptors (Lipinski definition) is 0. The van der Waals surface area contributed by atoms with Crippen LogP contribution in [0, 0.1) is 6.42 Å². The summed E-state index contributed by atoms with van der Waals surface area (Å²) in [5.41, 5.74) is 1.32. The quantitative estimate of drug-likeness (QED) is 0.475. The Kier molecular flexibility index (Phi) is 3.77. The molecule has 0 saturated heterocycles. The third-order valence-corrected chi connectivity index (χ3v) is 0.993. The molecule has 0 nitrogen and oxygen atoms in total. The first-order valence-corrected chi connectivity index (χ1v) is 2.75. The third-order valence-electron chi connectivity index (χ3n) is 0.993. The lowest BCUT2D eigenvalue weighted by Gasteiger charge is -1.93. The molecule has 0 heteroatoms. The van der Waals surface area contributed by atoms with E-state index in [-0.39, 0.29) is 0 Å². The molecular weight excluding hydrogens is 84.1 g/mol. The summed E-state index contributed by atoms with van der Waals surface area (Å²) < 4.78 is 0. The highest BCUT2D eigenvalue weighted by atomic mass is 13.9. The molecule has 0 aliphatic rings. The van der Waals surface area contributed by atoms with Crippen molar-refractivity contribution in [3.63, 3.8) is 0 Å². The summed E-state index contributed by atoms with van der Waals surface area (Å²) in [5, 5.41) is 0. The van der Waals surface area contributed by atoms with Crippen LogP contribution in [0.15, 0.2) is 12.2 Å². The van der Waals surface area contributed by atoms with Crippen LogP contribution in [0.5, 0.6) is 0 Å². The molecule has 0 bridgehead atoms. The first-order chi connectivity index (χ1) is 3.31. The van der Waals surface area contributed by atoms with Crippen molar-refractivity contribution in [2.24, 2.45) is 0 Å². The van der Waals surface area contributed by atoms with Gasteiger partial charge in [-0.15, -0.1) is 0 Å². The Morgan fingerprint density at radius 2 is 2.29 bits per heavy atom. The zero-order valence-electron chi connectivity index (χ0n) is 5.20. The lowest BCUT2D eigenvalue weighted by molar-refractivity contribution is 0.995. The molecule has 0 rings (SSSR count). The van der Waals surface area contributed by atoms with Gasteiger partial charge in [-0.3, -0.25) is 0 Å². The van der Waals surface area contributed by atoms with Crippen molar-refractivity contribution in [1.82, 2.24) is 0 Å². The van der Waals surface area contributed by atoms with Gasteiger partial charge in [0.05, 0.1) is 0 Å². The number of hydrogen-bond donors (Lipinski definition) is 0. The molecule has 0 aromatic rings. The third kappa shape index (κ3) is 3.57. The summed E-state index contributed by atoms with van der Waals surface area (Å²) in [6, 6.07) is 0. The second kappa shape index (κ2) is 3.91. The van der Waals surface area contributed by atoms with Crippen molar-refractivity contribution in [3.8, 4) is 0 Å². The Bertz CT molecular complexity index is 53.1. The standard InChI is InChI=1S/C7H13/c1-4-6-7(3)5-2/h4H,3,5-6H2,1-2H3. The molecule has 0 spiro atoms. The molecular formula is C7H13. The average molecular weight is 97.2 g/mol. The second-order valence-electron chi connectivity index (χ2n) is 1.72. The smallest absolute Gasteiger partial charge is 0.0295 e. The summed E-state index contributed by atoms with van der Waals surface area (Å²) in [6.07, 6.45) is 4.33. The van der Waals surface area contributed by atoms with Crippen LogP contribution in [0.4, 0.5) is 0 Å². The minimum absolute atomic E-state index is 1.08. The van der Waals surface area contributed by atoms with Crippen molar-refractivity contribution >= 4 is 0 Å². The van der Waals surface area contributed by atoms with Gasteiger partial charge >= 0.3 is 0 Å². The Balaban J connectivity index is 3.00. The predicted octanol–water partition coefficient (Wildman–Crippen LogP) is 2.57. The maximum absolute atomic E-state index is 3.83. The average Bonchev–Trinajstić information content (AvgIpc) is 1.68. The van der Waals surface area contributed by atoms with Gasteiger partial charge in [0.15, 0.2) is 0 Å². The Morgan fingerprint density at radius 3 is 2.43 bits per heavy atom. The van der Waals surface area contributed by atoms with E-state index in [2.05, 4.69) is 26.8 Å². The van der Waals surface area contributed by atoms with Crippen molar-refractivity contribution in [2.45, 2.75) is 26.7 Å². The molecule has 0 atom stereocenters. The summed E-state index contributed by atoms with van der Waals surface area (Å²) >= 11 is 0. The van der Waals surface area contributed by atoms with Crippen LogP contribution in [0.3, 0.4) is 0 Å². The number of allylic oxidation sites excluding steroid dienone is 1. The largest absolute Gasteiger partial charge is 0.0999 e. The molecule has 0 aromatic carbocycles. The molecule has 0 amide bonds. The van der Waals surface area contributed by atoms with E-state index in [1.165, 1.54) is 5.57 Å². The first-order valence-electron chi connectivity index (χ1n) is 2.75. The second-order valence-corrected chi connectivity index (χ2v) is 1.72. The van der Waals surface area contributed by atoms with Gasteiger partial charge in [-0.25, -0.2) is 0 Å². The van der Waals surface area contributed by atoms with Crippen molar-refractivity contribution in [1.29, 1.82) is 0 Å². The molecule has 1 radical (unpaired) electrons. The van der Waals surface area contributed by atoms with Gasteiger partial charge in [0.25, 0.3) is 0 Å². The van der Waals surface area contributed by atoms with Crippen molar-refractivity contribution in [2.75, 3.05) is 0 Å². The van der Waals surface area contributed by atoms with Crippen LogP contribution in [-0.4, -0.2) is 0 Å². The van der Waals surface area contributed by atoms with Gasteiger partial charge in [-0.05, 0) is 19.3 Å². The zero-order valence-corrected chi connectivity index (χ0v) is 5.20. The van der Waals surface area contributed by atoms with Crippen LogP contribution < -0.4 is 0 Å². The van der Waals surface area contributed by atoms with Crippen LogP contribution in [-0.2, 0) is 0 Å². The van der Waals surface area contributed by atoms with E-state index in [0.717, 1.165) is 12.8 Å². The van der Waals surface area contributed by atoms with Crippen LogP contribution in [0.2, 0.25) is 0 Å². The Hall–Kier alpha value is -0.260. The highest BCUT2D eigenvalue weighted by Crippen LogP contribution is 2.03. The van der Waals surface area contributed by atoms with Crippen LogP contribution >= 0.6 is 0 Å². The van der Waals surface area contributed by atoms with Crippen molar-refractivity contribution < 1.29 is 0 Å². The van der Waals surface area contributed by atoms with E-state index in [1.807, 2.05) is 0 Å². The summed E-state index contributed by atoms with van der Waals surface area (Å²) in [4.78, 5) is 0. The summed E-state index contributed by atoms with van der Waals surface area (Å²) in [7, 11) is 0. The lowest BCUT2D eigenvalue weighted by atomic mass is 10.1. The Morgan fingerprint density at radius 1 is 1.71 bits per heavy atom. The normalized spacial score (nSPS) is 8.86. The predicted molar refractivity (Wildman–Crippen MR) is 34.0 cm³/mol. The van der Waals surface area contributed by atoms with E-state index in [1.54, 1.807) is 0 Å². The molecule has 0 fully saturated rings. The molecule has 0 heterocycles. The van der Waals surface area contributed by atoms with Gasteiger partial charge in [-0.2, -0.15) is 0 Å². The summed E-state index contributed by atoms with van der Waals surface area (Å²) in [5.74, 6) is 0. The van der Waals surface area contributed by atoms with Crippen LogP contribution in [0.1, 0.15) is 26.7 Å². The monoisotopic (exact) mass is 97.1 g/mol.